The second-order valence-corrected chi connectivity index (χ2v) is 6.75. The summed E-state index contributed by atoms with van der Waals surface area (Å²) in [6.45, 7) is 10.3. The van der Waals surface area contributed by atoms with E-state index in [9.17, 15) is 14.4 Å². The normalized spacial score (nSPS) is 25.0. The van der Waals surface area contributed by atoms with Gasteiger partial charge in [0.2, 0.25) is 5.91 Å². The third kappa shape index (κ3) is 5.16. The van der Waals surface area contributed by atoms with Crippen molar-refractivity contribution >= 4 is 17.8 Å². The lowest BCUT2D eigenvalue weighted by molar-refractivity contribution is -0.129. The van der Waals surface area contributed by atoms with Gasteiger partial charge in [-0.2, -0.15) is 0 Å². The van der Waals surface area contributed by atoms with E-state index in [2.05, 4.69) is 17.2 Å². The van der Waals surface area contributed by atoms with Gasteiger partial charge >= 0.3 is 6.09 Å². The van der Waals surface area contributed by atoms with E-state index < -0.39 is 17.2 Å². The molecule has 0 spiro atoms. The van der Waals surface area contributed by atoms with E-state index in [0.717, 1.165) is 0 Å². The van der Waals surface area contributed by atoms with E-state index >= 15 is 0 Å². The summed E-state index contributed by atoms with van der Waals surface area (Å²) in [4.78, 5) is 35.2. The maximum atomic E-state index is 12.1. The highest BCUT2D eigenvalue weighted by Gasteiger charge is 2.41. The average molecular weight is 310 g/mol. The Balaban J connectivity index is 2.63. The number of hydrogen-bond acceptors (Lipinski definition) is 4. The molecule has 0 atom stereocenters. The van der Waals surface area contributed by atoms with E-state index in [1.165, 1.54) is 13.0 Å². The third-order valence-electron chi connectivity index (χ3n) is 3.63. The highest BCUT2D eigenvalue weighted by atomic mass is 16.6. The van der Waals surface area contributed by atoms with Gasteiger partial charge in [0.05, 0.1) is 0 Å². The van der Waals surface area contributed by atoms with Crippen LogP contribution in [0.5, 0.6) is 0 Å². The predicted octanol–water partition coefficient (Wildman–Crippen LogP) is 2.08. The number of rotatable bonds is 4. The molecule has 0 radical (unpaired) electrons. The largest absolute Gasteiger partial charge is 0.444 e. The Bertz CT molecular complexity index is 457. The van der Waals surface area contributed by atoms with Crippen LogP contribution in [0.1, 0.15) is 53.4 Å². The van der Waals surface area contributed by atoms with Crippen molar-refractivity contribution in [1.29, 1.82) is 0 Å². The fraction of sp³-hybridized carbons (Fsp3) is 0.688. The summed E-state index contributed by atoms with van der Waals surface area (Å²) in [5.41, 5.74) is -1.43. The minimum Gasteiger partial charge on any atom is -0.444 e. The highest BCUT2D eigenvalue weighted by Crippen LogP contribution is 2.30. The van der Waals surface area contributed by atoms with E-state index in [-0.39, 0.29) is 17.7 Å². The second-order valence-electron chi connectivity index (χ2n) is 6.75. The number of carbonyl (C=O) groups excluding carboxylic acids is 3. The number of alkyl carbamates (subject to hydrolysis) is 1. The quantitative estimate of drug-likeness (QED) is 0.779. The number of amides is 2. The molecule has 22 heavy (non-hydrogen) atoms. The molecule has 2 amide bonds. The summed E-state index contributed by atoms with van der Waals surface area (Å²) in [6.07, 6.45) is 2.92. The van der Waals surface area contributed by atoms with Crippen LogP contribution in [0, 0.1) is 0 Å². The molecule has 0 saturated heterocycles. The molecule has 1 fully saturated rings. The maximum Gasteiger partial charge on any atom is 0.407 e. The van der Waals surface area contributed by atoms with Crippen molar-refractivity contribution in [2.75, 3.05) is 0 Å². The molecule has 0 aromatic heterocycles. The first-order chi connectivity index (χ1) is 10.1. The van der Waals surface area contributed by atoms with Gasteiger partial charge in [-0.3, -0.25) is 9.59 Å². The summed E-state index contributed by atoms with van der Waals surface area (Å²) in [7, 11) is 0. The molecule has 0 heterocycles. The van der Waals surface area contributed by atoms with E-state index in [4.69, 9.17) is 4.74 Å². The lowest BCUT2D eigenvalue weighted by atomic mass is 9.76. The maximum absolute atomic E-state index is 12.1. The minimum absolute atomic E-state index is 0.0608. The van der Waals surface area contributed by atoms with Crippen molar-refractivity contribution in [2.24, 2.45) is 0 Å². The number of ketones is 1. The lowest BCUT2D eigenvalue weighted by Crippen LogP contribution is -2.57. The summed E-state index contributed by atoms with van der Waals surface area (Å²) >= 11 is 0. The van der Waals surface area contributed by atoms with Gasteiger partial charge < -0.3 is 15.4 Å². The molecule has 1 rings (SSSR count). The Morgan fingerprint density at radius 1 is 1.23 bits per heavy atom. The molecule has 0 unspecified atom stereocenters. The van der Waals surface area contributed by atoms with Crippen LogP contribution in [0.25, 0.3) is 0 Å². The van der Waals surface area contributed by atoms with Crippen LogP contribution < -0.4 is 10.6 Å². The van der Waals surface area contributed by atoms with Crippen molar-refractivity contribution in [1.82, 2.24) is 10.6 Å². The van der Waals surface area contributed by atoms with Crippen molar-refractivity contribution < 1.29 is 19.1 Å². The summed E-state index contributed by atoms with van der Waals surface area (Å²) < 4.78 is 5.22. The molecular formula is C16H26N2O4. The third-order valence-corrected chi connectivity index (χ3v) is 3.63. The molecule has 6 heteroatoms. The predicted molar refractivity (Wildman–Crippen MR) is 83.4 cm³/mol. The van der Waals surface area contributed by atoms with Crippen molar-refractivity contribution in [3.8, 4) is 0 Å². The number of ether oxygens (including phenoxy) is 1. The van der Waals surface area contributed by atoms with E-state index in [1.54, 1.807) is 20.8 Å². The molecule has 2 N–H and O–H groups in total. The standard InChI is InChI=1S/C16H26N2O4/c1-6-13(20)16(18-11(2)19)9-7-12(8-10-16)17-14(21)22-15(3,4)5/h6,12H,1,7-10H2,2-5H3,(H,17,21)(H,18,19). The molecule has 1 aliphatic carbocycles. The zero-order valence-corrected chi connectivity index (χ0v) is 13.8. The minimum atomic E-state index is -0.889. The Labute approximate surface area is 131 Å². The SMILES string of the molecule is C=CC(=O)C1(NC(C)=O)CCC(NC(=O)OC(C)(C)C)CC1. The van der Waals surface area contributed by atoms with Crippen LogP contribution in [0.15, 0.2) is 12.7 Å². The van der Waals surface area contributed by atoms with Crippen LogP contribution in [-0.4, -0.2) is 35.0 Å². The zero-order valence-electron chi connectivity index (χ0n) is 13.8. The van der Waals surface area contributed by atoms with E-state index in [1.807, 2.05) is 0 Å². The molecule has 1 saturated carbocycles. The van der Waals surface area contributed by atoms with Gasteiger partial charge in [-0.15, -0.1) is 0 Å². The van der Waals surface area contributed by atoms with Gasteiger partial charge in [0.25, 0.3) is 0 Å². The van der Waals surface area contributed by atoms with Gasteiger partial charge in [-0.05, 0) is 52.5 Å². The van der Waals surface area contributed by atoms with Gasteiger partial charge in [-0.1, -0.05) is 6.58 Å². The zero-order chi connectivity index (χ0) is 17.0. The number of nitrogens with one attached hydrogen (secondary N) is 2. The van der Waals surface area contributed by atoms with Crippen LogP contribution >= 0.6 is 0 Å². The first kappa shape index (κ1) is 18.2. The van der Waals surface area contributed by atoms with Crippen molar-refractivity contribution in [3.05, 3.63) is 12.7 Å². The Morgan fingerprint density at radius 2 is 1.77 bits per heavy atom. The average Bonchev–Trinajstić information content (AvgIpc) is 2.37. The highest BCUT2D eigenvalue weighted by molar-refractivity contribution is 6.00. The Hall–Kier alpha value is -1.85. The molecule has 0 aliphatic heterocycles. The monoisotopic (exact) mass is 310 g/mol. The van der Waals surface area contributed by atoms with Crippen molar-refractivity contribution in [3.63, 3.8) is 0 Å². The molecule has 124 valence electrons. The van der Waals surface area contributed by atoms with Gasteiger partial charge in [0.15, 0.2) is 5.78 Å². The number of hydrogen-bond donors (Lipinski definition) is 2. The molecule has 0 aromatic carbocycles. The van der Waals surface area contributed by atoms with Crippen LogP contribution in [0.4, 0.5) is 4.79 Å². The number of carbonyl (C=O) groups is 3. The molecule has 0 bridgehead atoms. The van der Waals surface area contributed by atoms with Crippen LogP contribution in [0.3, 0.4) is 0 Å². The molecular weight excluding hydrogens is 284 g/mol. The second kappa shape index (κ2) is 6.94. The van der Waals surface area contributed by atoms with E-state index in [0.29, 0.717) is 25.7 Å². The smallest absolute Gasteiger partial charge is 0.407 e. The topological polar surface area (TPSA) is 84.5 Å². The van der Waals surface area contributed by atoms with Gasteiger partial charge in [0, 0.05) is 13.0 Å². The van der Waals surface area contributed by atoms with Gasteiger partial charge in [0.1, 0.15) is 11.1 Å². The fourth-order valence-corrected chi connectivity index (χ4v) is 2.69. The molecule has 6 nitrogen and oxygen atoms in total. The fourth-order valence-electron chi connectivity index (χ4n) is 2.69. The Kier molecular flexibility index (Phi) is 5.74. The lowest BCUT2D eigenvalue weighted by Gasteiger charge is -2.39. The summed E-state index contributed by atoms with van der Waals surface area (Å²) in [6, 6.07) is -0.0608. The molecule has 0 aromatic rings. The molecule has 1 aliphatic rings. The van der Waals surface area contributed by atoms with Crippen LogP contribution in [-0.2, 0) is 14.3 Å². The van der Waals surface area contributed by atoms with Gasteiger partial charge in [-0.25, -0.2) is 4.79 Å². The van der Waals surface area contributed by atoms with Crippen LogP contribution in [0.2, 0.25) is 0 Å². The summed E-state index contributed by atoms with van der Waals surface area (Å²) in [5.74, 6) is -0.424. The first-order valence-corrected chi connectivity index (χ1v) is 7.53. The first-order valence-electron chi connectivity index (χ1n) is 7.53. The Morgan fingerprint density at radius 3 is 2.18 bits per heavy atom. The summed E-state index contributed by atoms with van der Waals surface area (Å²) in [5, 5.41) is 5.57. The van der Waals surface area contributed by atoms with Crippen molar-refractivity contribution in [2.45, 2.75) is 70.6 Å².